The zero-order valence-corrected chi connectivity index (χ0v) is 14.2. The highest BCUT2D eigenvalue weighted by atomic mass is 32.2. The summed E-state index contributed by atoms with van der Waals surface area (Å²) >= 11 is 1.84. The van der Waals surface area contributed by atoms with Gasteiger partial charge in [0.1, 0.15) is 18.2 Å². The first kappa shape index (κ1) is 16.4. The van der Waals surface area contributed by atoms with E-state index in [9.17, 15) is 13.6 Å². The molecule has 2 aromatic carbocycles. The van der Waals surface area contributed by atoms with Gasteiger partial charge in [-0.2, -0.15) is 11.8 Å². The fourth-order valence-corrected chi connectivity index (χ4v) is 5.11. The standard InChI is InChI=1S/C19H17F2NO2S/c20-15-6-12(22-19(23)24-8-11-4-2-1-3-5-11)7-16(21)18(15)17-13-9-25-10-14(13)17/h1-7,13-14,17H,8-10H2,(H,22,23)/t13-,14+,17+. The Hall–Kier alpha value is -2.08. The van der Waals surface area contributed by atoms with E-state index >= 15 is 0 Å². The number of rotatable bonds is 4. The Morgan fingerprint density at radius 3 is 2.40 bits per heavy atom. The predicted molar refractivity (Wildman–Crippen MR) is 93.7 cm³/mol. The molecule has 1 N–H and O–H groups in total. The summed E-state index contributed by atoms with van der Waals surface area (Å²) in [4.78, 5) is 11.8. The number of hydrogen-bond acceptors (Lipinski definition) is 3. The van der Waals surface area contributed by atoms with E-state index in [1.165, 1.54) is 12.1 Å². The molecule has 3 atom stereocenters. The minimum atomic E-state index is -0.741. The summed E-state index contributed by atoms with van der Waals surface area (Å²) in [7, 11) is 0. The molecule has 0 radical (unpaired) electrons. The van der Waals surface area contributed by atoms with E-state index < -0.39 is 17.7 Å². The van der Waals surface area contributed by atoms with Crippen molar-refractivity contribution in [3.63, 3.8) is 0 Å². The van der Waals surface area contributed by atoms with Crippen LogP contribution < -0.4 is 5.32 Å². The molecule has 1 aliphatic carbocycles. The molecule has 2 aliphatic rings. The summed E-state index contributed by atoms with van der Waals surface area (Å²) in [5, 5.41) is 2.39. The lowest BCUT2D eigenvalue weighted by molar-refractivity contribution is 0.155. The van der Waals surface area contributed by atoms with Gasteiger partial charge in [-0.1, -0.05) is 30.3 Å². The van der Waals surface area contributed by atoms with Crippen molar-refractivity contribution in [2.24, 2.45) is 11.8 Å². The van der Waals surface area contributed by atoms with Crippen LogP contribution in [0.3, 0.4) is 0 Å². The summed E-state index contributed by atoms with van der Waals surface area (Å²) in [6.07, 6.45) is -0.741. The van der Waals surface area contributed by atoms with Gasteiger partial charge in [-0.05, 0) is 47.0 Å². The fourth-order valence-electron chi connectivity index (χ4n) is 3.52. The van der Waals surface area contributed by atoms with E-state index in [1.807, 2.05) is 42.1 Å². The number of thioether (sulfide) groups is 1. The molecule has 0 unspecified atom stereocenters. The Morgan fingerprint density at radius 2 is 1.76 bits per heavy atom. The molecule has 1 amide bonds. The van der Waals surface area contributed by atoms with Crippen molar-refractivity contribution >= 4 is 23.5 Å². The van der Waals surface area contributed by atoms with Crippen molar-refractivity contribution in [2.45, 2.75) is 12.5 Å². The quantitative estimate of drug-likeness (QED) is 0.851. The number of nitrogens with one attached hydrogen (secondary N) is 1. The van der Waals surface area contributed by atoms with E-state index in [-0.39, 0.29) is 23.8 Å². The first-order chi connectivity index (χ1) is 12.1. The molecule has 0 aromatic heterocycles. The van der Waals surface area contributed by atoms with E-state index in [4.69, 9.17) is 4.74 Å². The molecule has 2 aromatic rings. The second-order valence-electron chi connectivity index (χ2n) is 6.43. The summed E-state index contributed by atoms with van der Waals surface area (Å²) in [6, 6.07) is 11.5. The number of halogens is 2. The number of ether oxygens (including phenoxy) is 1. The van der Waals surface area contributed by atoms with Crippen LogP contribution in [-0.2, 0) is 11.3 Å². The number of anilines is 1. The maximum absolute atomic E-state index is 14.4. The summed E-state index contributed by atoms with van der Waals surface area (Å²) in [5.74, 6) is 1.53. The smallest absolute Gasteiger partial charge is 0.411 e. The number of benzene rings is 2. The van der Waals surface area contributed by atoms with Gasteiger partial charge in [0.15, 0.2) is 0 Å². The molecule has 6 heteroatoms. The van der Waals surface area contributed by atoms with Crippen LogP contribution in [0.1, 0.15) is 17.0 Å². The molecule has 1 heterocycles. The number of carbonyl (C=O) groups excluding carboxylic acids is 1. The van der Waals surface area contributed by atoms with Crippen LogP contribution in [0, 0.1) is 23.5 Å². The Morgan fingerprint density at radius 1 is 1.12 bits per heavy atom. The van der Waals surface area contributed by atoms with Gasteiger partial charge in [-0.25, -0.2) is 13.6 Å². The number of carbonyl (C=O) groups is 1. The van der Waals surface area contributed by atoms with Crippen molar-refractivity contribution in [1.82, 2.24) is 0 Å². The molecule has 0 bridgehead atoms. The monoisotopic (exact) mass is 361 g/mol. The number of hydrogen-bond donors (Lipinski definition) is 1. The number of fused-ring (bicyclic) bond motifs is 1. The zero-order chi connectivity index (χ0) is 17.4. The van der Waals surface area contributed by atoms with Gasteiger partial charge < -0.3 is 4.74 Å². The van der Waals surface area contributed by atoms with Crippen molar-refractivity contribution in [1.29, 1.82) is 0 Å². The van der Waals surface area contributed by atoms with E-state index in [0.29, 0.717) is 11.8 Å². The highest BCUT2D eigenvalue weighted by Gasteiger charge is 2.55. The lowest BCUT2D eigenvalue weighted by Gasteiger charge is -2.11. The van der Waals surface area contributed by atoms with Crippen LogP contribution in [0.15, 0.2) is 42.5 Å². The van der Waals surface area contributed by atoms with Crippen LogP contribution in [-0.4, -0.2) is 17.6 Å². The van der Waals surface area contributed by atoms with E-state index in [2.05, 4.69) is 5.32 Å². The maximum atomic E-state index is 14.4. The van der Waals surface area contributed by atoms with Gasteiger partial charge in [0.25, 0.3) is 0 Å². The van der Waals surface area contributed by atoms with Crippen LogP contribution in [0.2, 0.25) is 0 Å². The minimum absolute atomic E-state index is 0.0136. The molecule has 1 saturated heterocycles. The summed E-state index contributed by atoms with van der Waals surface area (Å²) in [5.41, 5.74) is 1.07. The van der Waals surface area contributed by atoms with Gasteiger partial charge in [0.2, 0.25) is 0 Å². The highest BCUT2D eigenvalue weighted by molar-refractivity contribution is 7.99. The van der Waals surface area contributed by atoms with Crippen LogP contribution in [0.25, 0.3) is 0 Å². The molecule has 3 nitrogen and oxygen atoms in total. The number of amides is 1. The average molecular weight is 361 g/mol. The second-order valence-corrected chi connectivity index (χ2v) is 7.51. The van der Waals surface area contributed by atoms with Gasteiger partial charge in [-0.15, -0.1) is 0 Å². The third kappa shape index (κ3) is 3.35. The Kier molecular flexibility index (Phi) is 4.37. The molecule has 25 heavy (non-hydrogen) atoms. The van der Waals surface area contributed by atoms with Crippen LogP contribution >= 0.6 is 11.8 Å². The van der Waals surface area contributed by atoms with Gasteiger partial charge in [-0.3, -0.25) is 5.32 Å². The topological polar surface area (TPSA) is 38.3 Å². The lowest BCUT2D eigenvalue weighted by atomic mass is 10.1. The first-order valence-corrected chi connectivity index (χ1v) is 9.33. The second kappa shape index (κ2) is 6.67. The zero-order valence-electron chi connectivity index (χ0n) is 13.4. The molecule has 4 rings (SSSR count). The maximum Gasteiger partial charge on any atom is 0.411 e. The minimum Gasteiger partial charge on any atom is -0.444 e. The SMILES string of the molecule is O=C(Nc1cc(F)c([C@H]2[C@@H]3CSC[C@@H]32)c(F)c1)OCc1ccccc1. The van der Waals surface area contributed by atoms with Gasteiger partial charge >= 0.3 is 6.09 Å². The van der Waals surface area contributed by atoms with Crippen LogP contribution in [0.5, 0.6) is 0 Å². The molecule has 1 saturated carbocycles. The van der Waals surface area contributed by atoms with Crippen molar-refractivity contribution in [3.05, 3.63) is 65.2 Å². The van der Waals surface area contributed by atoms with Crippen LogP contribution in [0.4, 0.5) is 19.3 Å². The largest absolute Gasteiger partial charge is 0.444 e. The predicted octanol–water partition coefficient (Wildman–Crippen LogP) is 4.79. The average Bonchev–Trinajstić information content (AvgIpc) is 3.03. The van der Waals surface area contributed by atoms with Gasteiger partial charge in [0.05, 0.1) is 0 Å². The van der Waals surface area contributed by atoms with Crippen molar-refractivity contribution in [3.8, 4) is 0 Å². The summed E-state index contributed by atoms with van der Waals surface area (Å²) in [6.45, 7) is 0.0961. The Labute approximate surface area is 148 Å². The molecule has 1 aliphatic heterocycles. The third-order valence-corrected chi connectivity index (χ3v) is 6.06. The highest BCUT2D eigenvalue weighted by Crippen LogP contribution is 2.61. The molecular formula is C19H17F2NO2S. The van der Waals surface area contributed by atoms with Crippen molar-refractivity contribution < 1.29 is 18.3 Å². The molecule has 0 spiro atoms. The van der Waals surface area contributed by atoms with Crippen molar-refractivity contribution in [2.75, 3.05) is 16.8 Å². The Balaban J connectivity index is 1.40. The molecule has 130 valence electrons. The normalized spacial score (nSPS) is 23.8. The third-order valence-electron chi connectivity index (χ3n) is 4.82. The molecular weight excluding hydrogens is 344 g/mol. The first-order valence-electron chi connectivity index (χ1n) is 8.18. The van der Waals surface area contributed by atoms with E-state index in [0.717, 1.165) is 17.1 Å². The summed E-state index contributed by atoms with van der Waals surface area (Å²) < 4.78 is 33.8. The Bertz CT molecular complexity index is 766. The van der Waals surface area contributed by atoms with E-state index in [1.54, 1.807) is 0 Å². The van der Waals surface area contributed by atoms with Gasteiger partial charge in [0, 0.05) is 11.3 Å². The molecule has 2 fully saturated rings. The fraction of sp³-hybridized carbons (Fsp3) is 0.316. The lowest BCUT2D eigenvalue weighted by Crippen LogP contribution is -2.14.